The molecule has 0 spiro atoms. The molecule has 0 atom stereocenters. The Bertz CT molecular complexity index is 1010. The fourth-order valence-electron chi connectivity index (χ4n) is 2.56. The number of sulfonamides is 1. The molecule has 26 heavy (non-hydrogen) atoms. The molecule has 0 radical (unpaired) electrons. The van der Waals surface area contributed by atoms with Crippen molar-refractivity contribution >= 4 is 21.4 Å². The van der Waals surface area contributed by atoms with Gasteiger partial charge in [-0.25, -0.2) is 22.5 Å². The molecule has 0 aliphatic heterocycles. The van der Waals surface area contributed by atoms with Gasteiger partial charge in [0, 0.05) is 23.9 Å². The van der Waals surface area contributed by atoms with Crippen LogP contribution in [-0.4, -0.2) is 19.9 Å². The van der Waals surface area contributed by atoms with Crippen LogP contribution >= 0.6 is 11.3 Å². The van der Waals surface area contributed by atoms with Gasteiger partial charge in [0.1, 0.15) is 10.8 Å². The maximum atomic E-state index is 13.2. The highest BCUT2D eigenvalue weighted by atomic mass is 32.2. The Morgan fingerprint density at radius 2 is 1.85 bits per heavy atom. The van der Waals surface area contributed by atoms with E-state index in [0.717, 1.165) is 22.3 Å². The van der Waals surface area contributed by atoms with Crippen LogP contribution in [0.4, 0.5) is 4.39 Å². The van der Waals surface area contributed by atoms with Gasteiger partial charge in [0.25, 0.3) is 0 Å². The van der Waals surface area contributed by atoms with Crippen LogP contribution in [0.25, 0.3) is 10.6 Å². The zero-order chi connectivity index (χ0) is 18.7. The lowest BCUT2D eigenvalue weighted by atomic mass is 10.2. The van der Waals surface area contributed by atoms with Crippen molar-refractivity contribution in [2.45, 2.75) is 25.2 Å². The van der Waals surface area contributed by atoms with Crippen molar-refractivity contribution in [2.75, 3.05) is 6.54 Å². The highest BCUT2D eigenvalue weighted by Crippen LogP contribution is 2.24. The summed E-state index contributed by atoms with van der Waals surface area (Å²) in [5.74, 6) is -0.451. The van der Waals surface area contributed by atoms with Crippen molar-refractivity contribution in [3.05, 3.63) is 70.5 Å². The number of benzene rings is 2. The standard InChI is InChI=1S/C19H19FN2O2S2/c1-13-3-5-15(6-4-13)19-22-17(12-25-19)9-10-21-26(23,24)18-8-7-16(20)11-14(18)2/h3-8,11-12,21H,9-10H2,1-2H3. The number of nitrogens with one attached hydrogen (secondary N) is 1. The Morgan fingerprint density at radius 3 is 2.54 bits per heavy atom. The summed E-state index contributed by atoms with van der Waals surface area (Å²) in [6.45, 7) is 3.84. The third-order valence-electron chi connectivity index (χ3n) is 3.95. The van der Waals surface area contributed by atoms with Gasteiger partial charge in [-0.2, -0.15) is 0 Å². The van der Waals surface area contributed by atoms with Gasteiger partial charge in [-0.05, 0) is 37.6 Å². The van der Waals surface area contributed by atoms with Crippen LogP contribution in [0.3, 0.4) is 0 Å². The van der Waals surface area contributed by atoms with E-state index in [1.54, 1.807) is 6.92 Å². The van der Waals surface area contributed by atoms with Gasteiger partial charge in [-0.3, -0.25) is 0 Å². The van der Waals surface area contributed by atoms with E-state index >= 15 is 0 Å². The third kappa shape index (κ3) is 4.35. The van der Waals surface area contributed by atoms with E-state index in [1.165, 1.54) is 29.0 Å². The number of aromatic nitrogens is 1. The second-order valence-corrected chi connectivity index (χ2v) is 8.66. The summed E-state index contributed by atoms with van der Waals surface area (Å²) in [6.07, 6.45) is 0.488. The zero-order valence-corrected chi connectivity index (χ0v) is 16.1. The molecular weight excluding hydrogens is 371 g/mol. The molecule has 0 unspecified atom stereocenters. The lowest BCUT2D eigenvalue weighted by Crippen LogP contribution is -2.26. The highest BCUT2D eigenvalue weighted by molar-refractivity contribution is 7.89. The number of aryl methyl sites for hydroxylation is 2. The fraction of sp³-hybridized carbons (Fsp3) is 0.211. The van der Waals surface area contributed by atoms with Gasteiger partial charge in [-0.1, -0.05) is 29.8 Å². The Morgan fingerprint density at radius 1 is 1.12 bits per heavy atom. The first-order valence-electron chi connectivity index (χ1n) is 8.12. The molecule has 0 amide bonds. The van der Waals surface area contributed by atoms with Crippen molar-refractivity contribution in [1.82, 2.24) is 9.71 Å². The number of hydrogen-bond donors (Lipinski definition) is 1. The number of rotatable bonds is 6. The molecule has 0 saturated carbocycles. The maximum absolute atomic E-state index is 13.2. The van der Waals surface area contributed by atoms with Crippen molar-refractivity contribution in [3.63, 3.8) is 0 Å². The van der Waals surface area contributed by atoms with Crippen LogP contribution in [0.15, 0.2) is 52.7 Å². The normalized spacial score (nSPS) is 11.7. The topological polar surface area (TPSA) is 59.1 Å². The molecule has 1 heterocycles. The van der Waals surface area contributed by atoms with E-state index in [4.69, 9.17) is 0 Å². The summed E-state index contributed by atoms with van der Waals surface area (Å²) in [5.41, 5.74) is 3.46. The minimum Gasteiger partial charge on any atom is -0.241 e. The summed E-state index contributed by atoms with van der Waals surface area (Å²) in [6, 6.07) is 11.8. The van der Waals surface area contributed by atoms with E-state index in [9.17, 15) is 12.8 Å². The zero-order valence-electron chi connectivity index (χ0n) is 14.5. The minimum atomic E-state index is -3.67. The molecule has 2 aromatic carbocycles. The molecule has 4 nitrogen and oxygen atoms in total. The van der Waals surface area contributed by atoms with Crippen LogP contribution in [0, 0.1) is 19.7 Å². The first-order valence-corrected chi connectivity index (χ1v) is 10.5. The monoisotopic (exact) mass is 390 g/mol. The number of thiazole rings is 1. The molecule has 136 valence electrons. The van der Waals surface area contributed by atoms with Crippen LogP contribution in [-0.2, 0) is 16.4 Å². The van der Waals surface area contributed by atoms with Gasteiger partial charge in [0.15, 0.2) is 0 Å². The predicted molar refractivity (Wildman–Crippen MR) is 102 cm³/mol. The first kappa shape index (κ1) is 18.7. The van der Waals surface area contributed by atoms with Gasteiger partial charge in [0.2, 0.25) is 10.0 Å². The average Bonchev–Trinajstić information content (AvgIpc) is 3.04. The fourth-order valence-corrected chi connectivity index (χ4v) is 4.67. The minimum absolute atomic E-state index is 0.0949. The first-order chi connectivity index (χ1) is 12.3. The predicted octanol–water partition coefficient (Wildman–Crippen LogP) is 4.09. The molecule has 0 saturated heterocycles. The molecule has 3 aromatic rings. The summed E-state index contributed by atoms with van der Waals surface area (Å²) in [4.78, 5) is 4.66. The largest absolute Gasteiger partial charge is 0.241 e. The molecule has 0 aliphatic carbocycles. The third-order valence-corrected chi connectivity index (χ3v) is 6.51. The number of nitrogens with zero attached hydrogens (tertiary/aromatic N) is 1. The molecule has 7 heteroatoms. The van der Waals surface area contributed by atoms with Gasteiger partial charge in [-0.15, -0.1) is 11.3 Å². The molecule has 0 fully saturated rings. The highest BCUT2D eigenvalue weighted by Gasteiger charge is 2.17. The van der Waals surface area contributed by atoms with Crippen LogP contribution < -0.4 is 4.72 Å². The average molecular weight is 391 g/mol. The molecule has 0 aliphatic rings. The Balaban J connectivity index is 1.64. The molecular formula is C19H19FN2O2S2. The van der Waals surface area contributed by atoms with Crippen molar-refractivity contribution in [1.29, 1.82) is 0 Å². The van der Waals surface area contributed by atoms with Crippen LogP contribution in [0.5, 0.6) is 0 Å². The quantitative estimate of drug-likeness (QED) is 0.690. The van der Waals surface area contributed by atoms with Crippen LogP contribution in [0.1, 0.15) is 16.8 Å². The van der Waals surface area contributed by atoms with Crippen molar-refractivity contribution in [3.8, 4) is 10.6 Å². The van der Waals surface area contributed by atoms with Gasteiger partial charge in [0.05, 0.1) is 10.6 Å². The second kappa shape index (κ2) is 7.65. The molecule has 1 N–H and O–H groups in total. The lowest BCUT2D eigenvalue weighted by molar-refractivity contribution is 0.579. The van der Waals surface area contributed by atoms with E-state index < -0.39 is 15.8 Å². The van der Waals surface area contributed by atoms with E-state index in [2.05, 4.69) is 9.71 Å². The van der Waals surface area contributed by atoms with E-state index in [0.29, 0.717) is 12.0 Å². The summed E-state index contributed by atoms with van der Waals surface area (Å²) in [7, 11) is -3.67. The van der Waals surface area contributed by atoms with Crippen LogP contribution in [0.2, 0.25) is 0 Å². The van der Waals surface area contributed by atoms with Gasteiger partial charge < -0.3 is 0 Å². The maximum Gasteiger partial charge on any atom is 0.240 e. The second-order valence-electron chi connectivity index (χ2n) is 6.07. The van der Waals surface area contributed by atoms with E-state index in [-0.39, 0.29) is 11.4 Å². The smallest absolute Gasteiger partial charge is 0.240 e. The Hall–Kier alpha value is -2.09. The Kier molecular flexibility index (Phi) is 5.50. The molecule has 3 rings (SSSR count). The number of hydrogen-bond acceptors (Lipinski definition) is 4. The molecule has 0 bridgehead atoms. The van der Waals surface area contributed by atoms with Gasteiger partial charge >= 0.3 is 0 Å². The SMILES string of the molecule is Cc1ccc(-c2nc(CCNS(=O)(=O)c3ccc(F)cc3C)cs2)cc1. The summed E-state index contributed by atoms with van der Waals surface area (Å²) in [5, 5.41) is 2.85. The summed E-state index contributed by atoms with van der Waals surface area (Å²) >= 11 is 1.54. The van der Waals surface area contributed by atoms with Crippen molar-refractivity contribution in [2.24, 2.45) is 0 Å². The molecule has 1 aromatic heterocycles. The van der Waals surface area contributed by atoms with Crippen molar-refractivity contribution < 1.29 is 12.8 Å². The Labute approximate surface area is 156 Å². The lowest BCUT2D eigenvalue weighted by Gasteiger charge is -2.08. The summed E-state index contributed by atoms with van der Waals surface area (Å²) < 4.78 is 40.4. The van der Waals surface area contributed by atoms with E-state index in [1.807, 2.05) is 36.6 Å². The number of halogens is 1.